The molecule has 6 heteroatoms. The predicted molar refractivity (Wildman–Crippen MR) is 91.2 cm³/mol. The van der Waals surface area contributed by atoms with Gasteiger partial charge in [-0.1, -0.05) is 0 Å². The third-order valence-corrected chi connectivity index (χ3v) is 5.35. The number of piperidine rings is 2. The molecule has 0 unspecified atom stereocenters. The number of nitrogens with zero attached hydrogens (tertiary/aromatic N) is 4. The molecule has 2 aliphatic rings. The minimum atomic E-state index is 0.0797. The zero-order valence-electron chi connectivity index (χ0n) is 14.6. The van der Waals surface area contributed by atoms with Crippen molar-refractivity contribution < 1.29 is 9.59 Å². The van der Waals surface area contributed by atoms with Crippen molar-refractivity contribution in [2.45, 2.75) is 70.5 Å². The number of carbonyl (C=O) groups excluding carboxylic acids is 2. The first-order chi connectivity index (χ1) is 11.6. The first kappa shape index (κ1) is 17.0. The van der Waals surface area contributed by atoms with Crippen molar-refractivity contribution >= 4 is 11.8 Å². The average Bonchev–Trinajstić information content (AvgIpc) is 3.08. The van der Waals surface area contributed by atoms with Crippen molar-refractivity contribution in [1.29, 1.82) is 0 Å². The van der Waals surface area contributed by atoms with Crippen LogP contribution in [0.2, 0.25) is 0 Å². The zero-order chi connectivity index (χ0) is 16.9. The van der Waals surface area contributed by atoms with Crippen LogP contribution in [0.3, 0.4) is 0 Å². The quantitative estimate of drug-likeness (QED) is 0.848. The monoisotopic (exact) mass is 332 g/mol. The standard InChI is InChI=1S/C18H28N4O2/c1-15(23)21-11-4-2-7-16(21)13-18(24)22-12-5-3-8-17(22)14-20-10-6-9-19-20/h6,9-10,16-17H,2-5,7-8,11-14H2,1H3/t16-,17-/m1/s1. The SMILES string of the molecule is CC(=O)N1CCCC[C@@H]1CC(=O)N1CCCC[C@@H]1Cn1cccn1. The summed E-state index contributed by atoms with van der Waals surface area (Å²) in [5, 5.41) is 4.28. The van der Waals surface area contributed by atoms with Gasteiger partial charge < -0.3 is 9.80 Å². The molecule has 132 valence electrons. The molecular formula is C18H28N4O2. The second-order valence-electron chi connectivity index (χ2n) is 7.03. The summed E-state index contributed by atoms with van der Waals surface area (Å²) in [5.74, 6) is 0.296. The highest BCUT2D eigenvalue weighted by molar-refractivity contribution is 5.79. The van der Waals surface area contributed by atoms with Crippen LogP contribution in [0.25, 0.3) is 0 Å². The molecule has 0 saturated carbocycles. The lowest BCUT2D eigenvalue weighted by atomic mass is 9.96. The van der Waals surface area contributed by atoms with Crippen LogP contribution >= 0.6 is 0 Å². The highest BCUT2D eigenvalue weighted by Crippen LogP contribution is 2.24. The molecule has 2 fully saturated rings. The van der Waals surface area contributed by atoms with Gasteiger partial charge in [-0.15, -0.1) is 0 Å². The second kappa shape index (κ2) is 7.81. The number of likely N-dealkylation sites (tertiary alicyclic amines) is 2. The topological polar surface area (TPSA) is 58.4 Å². The molecule has 24 heavy (non-hydrogen) atoms. The van der Waals surface area contributed by atoms with E-state index in [1.54, 1.807) is 13.1 Å². The van der Waals surface area contributed by atoms with Crippen LogP contribution in [0.1, 0.15) is 51.9 Å². The van der Waals surface area contributed by atoms with E-state index in [0.717, 1.165) is 51.7 Å². The first-order valence-electron chi connectivity index (χ1n) is 9.19. The molecular weight excluding hydrogens is 304 g/mol. The average molecular weight is 332 g/mol. The summed E-state index contributed by atoms with van der Waals surface area (Å²) in [6, 6.07) is 2.22. The Morgan fingerprint density at radius 1 is 1.04 bits per heavy atom. The number of carbonyl (C=O) groups is 2. The summed E-state index contributed by atoms with van der Waals surface area (Å²) < 4.78 is 1.92. The highest BCUT2D eigenvalue weighted by Gasteiger charge is 2.32. The van der Waals surface area contributed by atoms with Crippen molar-refractivity contribution in [3.8, 4) is 0 Å². The van der Waals surface area contributed by atoms with Gasteiger partial charge in [0.2, 0.25) is 11.8 Å². The summed E-state index contributed by atoms with van der Waals surface area (Å²) in [6.45, 7) is 4.01. The normalized spacial score (nSPS) is 24.9. The Kier molecular flexibility index (Phi) is 5.53. The molecule has 0 N–H and O–H groups in total. The van der Waals surface area contributed by atoms with E-state index in [1.807, 2.05) is 26.7 Å². The Morgan fingerprint density at radius 3 is 2.42 bits per heavy atom. The van der Waals surface area contributed by atoms with Gasteiger partial charge in [0.05, 0.1) is 12.6 Å². The molecule has 2 saturated heterocycles. The summed E-state index contributed by atoms with van der Waals surface area (Å²) in [4.78, 5) is 28.7. The van der Waals surface area contributed by atoms with E-state index in [2.05, 4.69) is 5.10 Å². The van der Waals surface area contributed by atoms with Gasteiger partial charge in [-0.2, -0.15) is 5.10 Å². The predicted octanol–water partition coefficient (Wildman–Crippen LogP) is 2.06. The third-order valence-electron chi connectivity index (χ3n) is 5.35. The molecule has 2 amide bonds. The Bertz CT molecular complexity index is 557. The van der Waals surface area contributed by atoms with Crippen molar-refractivity contribution in [3.05, 3.63) is 18.5 Å². The summed E-state index contributed by atoms with van der Waals surface area (Å²) in [7, 11) is 0. The van der Waals surface area contributed by atoms with E-state index >= 15 is 0 Å². The molecule has 0 aliphatic carbocycles. The fourth-order valence-corrected chi connectivity index (χ4v) is 4.09. The fourth-order valence-electron chi connectivity index (χ4n) is 4.09. The van der Waals surface area contributed by atoms with Crippen LogP contribution in [0.5, 0.6) is 0 Å². The lowest BCUT2D eigenvalue weighted by Gasteiger charge is -2.39. The van der Waals surface area contributed by atoms with E-state index in [4.69, 9.17) is 0 Å². The molecule has 0 bridgehead atoms. The van der Waals surface area contributed by atoms with Gasteiger partial charge in [0.15, 0.2) is 0 Å². The molecule has 2 aliphatic heterocycles. The summed E-state index contributed by atoms with van der Waals surface area (Å²) in [5.41, 5.74) is 0. The second-order valence-corrected chi connectivity index (χ2v) is 7.03. The van der Waals surface area contributed by atoms with E-state index in [1.165, 1.54) is 6.42 Å². The molecule has 0 aromatic carbocycles. The van der Waals surface area contributed by atoms with E-state index < -0.39 is 0 Å². The third kappa shape index (κ3) is 3.97. The van der Waals surface area contributed by atoms with Gasteiger partial charge in [-0.3, -0.25) is 14.3 Å². The largest absolute Gasteiger partial charge is 0.339 e. The van der Waals surface area contributed by atoms with Crippen LogP contribution in [-0.4, -0.2) is 56.6 Å². The van der Waals surface area contributed by atoms with Gasteiger partial charge in [-0.25, -0.2) is 0 Å². The Hall–Kier alpha value is -1.85. The van der Waals surface area contributed by atoms with Crippen LogP contribution in [0.4, 0.5) is 0 Å². The lowest BCUT2D eigenvalue weighted by molar-refractivity contribution is -0.139. The van der Waals surface area contributed by atoms with Gasteiger partial charge in [0, 0.05) is 44.9 Å². The molecule has 3 heterocycles. The first-order valence-corrected chi connectivity index (χ1v) is 9.19. The molecule has 1 aromatic heterocycles. The highest BCUT2D eigenvalue weighted by atomic mass is 16.2. The van der Waals surface area contributed by atoms with Gasteiger partial charge in [0.25, 0.3) is 0 Å². The van der Waals surface area contributed by atoms with E-state index in [-0.39, 0.29) is 23.9 Å². The minimum absolute atomic E-state index is 0.0797. The molecule has 2 atom stereocenters. The lowest BCUT2D eigenvalue weighted by Crippen LogP contribution is -2.50. The van der Waals surface area contributed by atoms with Crippen molar-refractivity contribution in [2.24, 2.45) is 0 Å². The Morgan fingerprint density at radius 2 is 1.75 bits per heavy atom. The zero-order valence-corrected chi connectivity index (χ0v) is 14.6. The summed E-state index contributed by atoms with van der Waals surface area (Å²) >= 11 is 0. The maximum atomic E-state index is 12.9. The van der Waals surface area contributed by atoms with Gasteiger partial charge in [-0.05, 0) is 44.6 Å². The number of hydrogen-bond donors (Lipinski definition) is 0. The number of aromatic nitrogens is 2. The van der Waals surface area contributed by atoms with E-state index in [9.17, 15) is 9.59 Å². The minimum Gasteiger partial charge on any atom is -0.339 e. The van der Waals surface area contributed by atoms with Crippen LogP contribution < -0.4 is 0 Å². The number of rotatable bonds is 4. The van der Waals surface area contributed by atoms with E-state index in [0.29, 0.717) is 6.42 Å². The Balaban J connectivity index is 1.64. The molecule has 1 aromatic rings. The maximum Gasteiger partial charge on any atom is 0.224 e. The van der Waals surface area contributed by atoms with Gasteiger partial charge in [0.1, 0.15) is 0 Å². The van der Waals surface area contributed by atoms with Crippen LogP contribution in [0.15, 0.2) is 18.5 Å². The molecule has 0 spiro atoms. The molecule has 6 nitrogen and oxygen atoms in total. The number of hydrogen-bond acceptors (Lipinski definition) is 3. The molecule has 3 rings (SSSR count). The maximum absolute atomic E-state index is 12.9. The Labute approximate surface area is 143 Å². The molecule has 0 radical (unpaired) electrons. The fraction of sp³-hybridized carbons (Fsp3) is 0.722. The van der Waals surface area contributed by atoms with Crippen molar-refractivity contribution in [3.63, 3.8) is 0 Å². The van der Waals surface area contributed by atoms with Gasteiger partial charge >= 0.3 is 0 Å². The van der Waals surface area contributed by atoms with Crippen molar-refractivity contribution in [1.82, 2.24) is 19.6 Å². The summed E-state index contributed by atoms with van der Waals surface area (Å²) in [6.07, 6.45) is 10.6. The van der Waals surface area contributed by atoms with Crippen LogP contribution in [-0.2, 0) is 16.1 Å². The van der Waals surface area contributed by atoms with Crippen molar-refractivity contribution in [2.75, 3.05) is 13.1 Å². The smallest absolute Gasteiger partial charge is 0.224 e. The number of amides is 2. The van der Waals surface area contributed by atoms with Crippen LogP contribution in [0, 0.1) is 0 Å².